The van der Waals surface area contributed by atoms with E-state index in [4.69, 9.17) is 5.73 Å². The van der Waals surface area contributed by atoms with Gasteiger partial charge in [0.1, 0.15) is 0 Å². The minimum absolute atomic E-state index is 0.337. The van der Waals surface area contributed by atoms with Gasteiger partial charge >= 0.3 is 0 Å². The van der Waals surface area contributed by atoms with Crippen LogP contribution in [0.25, 0.3) is 0 Å². The zero-order valence-electron chi connectivity index (χ0n) is 10.0. The molecule has 1 rings (SSSR count). The molecule has 1 amide bonds. The third kappa shape index (κ3) is 3.82. The maximum Gasteiger partial charge on any atom is 0.222 e. The highest BCUT2D eigenvalue weighted by Crippen LogP contribution is 2.21. The summed E-state index contributed by atoms with van der Waals surface area (Å²) in [4.78, 5) is 13.9. The quantitative estimate of drug-likeness (QED) is 0.752. The van der Waals surface area contributed by atoms with Crippen LogP contribution < -0.4 is 5.73 Å². The van der Waals surface area contributed by atoms with Gasteiger partial charge in [0.25, 0.3) is 0 Å². The first-order valence-electron chi connectivity index (χ1n) is 6.15. The molecule has 1 aliphatic rings. The Morgan fingerprint density at radius 2 is 2.33 bits per heavy atom. The highest BCUT2D eigenvalue weighted by Gasteiger charge is 2.25. The summed E-state index contributed by atoms with van der Waals surface area (Å²) in [5, 5.41) is 0. The number of hydrogen-bond donors (Lipinski definition) is 1. The van der Waals surface area contributed by atoms with Crippen molar-refractivity contribution < 1.29 is 4.79 Å². The molecule has 0 aromatic rings. The van der Waals surface area contributed by atoms with E-state index >= 15 is 0 Å². The number of nitrogens with two attached hydrogens (primary N) is 1. The molecule has 2 atom stereocenters. The fourth-order valence-electron chi connectivity index (χ4n) is 2.10. The molecule has 3 heteroatoms. The lowest BCUT2D eigenvalue weighted by Gasteiger charge is -2.18. The Hall–Kier alpha value is -0.570. The highest BCUT2D eigenvalue weighted by atomic mass is 16.2. The maximum absolute atomic E-state index is 11.9. The van der Waals surface area contributed by atoms with Crippen LogP contribution in [0.4, 0.5) is 0 Å². The minimum Gasteiger partial charge on any atom is -0.342 e. The van der Waals surface area contributed by atoms with E-state index in [1.54, 1.807) is 0 Å². The van der Waals surface area contributed by atoms with E-state index in [2.05, 4.69) is 13.8 Å². The topological polar surface area (TPSA) is 46.3 Å². The largest absolute Gasteiger partial charge is 0.342 e. The molecule has 1 fully saturated rings. The van der Waals surface area contributed by atoms with Crippen molar-refractivity contribution in [1.29, 1.82) is 0 Å². The molecule has 0 saturated carbocycles. The highest BCUT2D eigenvalue weighted by molar-refractivity contribution is 5.76. The molecule has 15 heavy (non-hydrogen) atoms. The molecule has 0 aromatic carbocycles. The van der Waals surface area contributed by atoms with Crippen molar-refractivity contribution in [3.8, 4) is 0 Å². The van der Waals surface area contributed by atoms with Gasteiger partial charge in [-0.1, -0.05) is 20.3 Å². The Morgan fingerprint density at radius 3 is 2.93 bits per heavy atom. The number of amides is 1. The number of carbonyl (C=O) groups excluding carboxylic acids is 1. The molecule has 1 aliphatic heterocycles. The number of carbonyl (C=O) groups is 1. The van der Waals surface area contributed by atoms with Gasteiger partial charge in [-0.2, -0.15) is 0 Å². The Morgan fingerprint density at radius 1 is 1.60 bits per heavy atom. The smallest absolute Gasteiger partial charge is 0.222 e. The molecule has 2 N–H and O–H groups in total. The molecule has 3 nitrogen and oxygen atoms in total. The van der Waals surface area contributed by atoms with Crippen molar-refractivity contribution in [2.24, 2.45) is 17.6 Å². The van der Waals surface area contributed by atoms with Gasteiger partial charge in [0.05, 0.1) is 0 Å². The molecule has 88 valence electrons. The Labute approximate surface area is 93.0 Å². The maximum atomic E-state index is 11.9. The van der Waals surface area contributed by atoms with Crippen molar-refractivity contribution in [2.75, 3.05) is 19.6 Å². The van der Waals surface area contributed by atoms with Gasteiger partial charge in [0, 0.05) is 19.5 Å². The second-order valence-electron chi connectivity index (χ2n) is 4.79. The first-order chi connectivity index (χ1) is 7.17. The Balaban J connectivity index is 2.30. The summed E-state index contributed by atoms with van der Waals surface area (Å²) >= 11 is 0. The van der Waals surface area contributed by atoms with E-state index in [0.717, 1.165) is 38.9 Å². The second kappa shape index (κ2) is 6.11. The van der Waals surface area contributed by atoms with E-state index in [1.165, 1.54) is 0 Å². The summed E-state index contributed by atoms with van der Waals surface area (Å²) < 4.78 is 0. The van der Waals surface area contributed by atoms with Gasteiger partial charge in [-0.25, -0.2) is 0 Å². The van der Waals surface area contributed by atoms with Gasteiger partial charge in [-0.3, -0.25) is 4.79 Å². The van der Waals surface area contributed by atoms with Crippen LogP contribution >= 0.6 is 0 Å². The monoisotopic (exact) mass is 212 g/mol. The molecule has 0 aliphatic carbocycles. The zero-order valence-corrected chi connectivity index (χ0v) is 10.0. The fraction of sp³-hybridized carbons (Fsp3) is 0.917. The summed E-state index contributed by atoms with van der Waals surface area (Å²) in [6, 6.07) is 0. The number of likely N-dealkylation sites (tertiary alicyclic amines) is 1. The lowest BCUT2D eigenvalue weighted by Crippen LogP contribution is -2.30. The van der Waals surface area contributed by atoms with Crippen molar-refractivity contribution in [2.45, 2.75) is 39.5 Å². The van der Waals surface area contributed by atoms with Crippen LogP contribution in [0.5, 0.6) is 0 Å². The Bertz CT molecular complexity index is 206. The molecule has 1 heterocycles. The van der Waals surface area contributed by atoms with Crippen molar-refractivity contribution in [3.63, 3.8) is 0 Å². The van der Waals surface area contributed by atoms with Gasteiger partial charge in [-0.15, -0.1) is 0 Å². The van der Waals surface area contributed by atoms with Crippen molar-refractivity contribution in [3.05, 3.63) is 0 Å². The van der Waals surface area contributed by atoms with Crippen LogP contribution in [0.1, 0.15) is 39.5 Å². The summed E-state index contributed by atoms with van der Waals surface area (Å²) in [5.41, 5.74) is 5.53. The second-order valence-corrected chi connectivity index (χ2v) is 4.79. The van der Waals surface area contributed by atoms with E-state index < -0.39 is 0 Å². The van der Waals surface area contributed by atoms with Gasteiger partial charge < -0.3 is 10.6 Å². The van der Waals surface area contributed by atoms with Gasteiger partial charge in [-0.05, 0) is 31.2 Å². The van der Waals surface area contributed by atoms with Crippen LogP contribution in [0.3, 0.4) is 0 Å². The first kappa shape index (κ1) is 12.5. The lowest BCUT2D eigenvalue weighted by molar-refractivity contribution is -0.131. The molecule has 0 spiro atoms. The fourth-order valence-corrected chi connectivity index (χ4v) is 2.10. The van der Waals surface area contributed by atoms with E-state index in [9.17, 15) is 4.79 Å². The van der Waals surface area contributed by atoms with Crippen molar-refractivity contribution >= 4 is 5.91 Å². The van der Waals surface area contributed by atoms with Crippen LogP contribution in [0.2, 0.25) is 0 Å². The zero-order chi connectivity index (χ0) is 11.3. The molecular formula is C12H24N2O. The van der Waals surface area contributed by atoms with E-state index in [-0.39, 0.29) is 0 Å². The summed E-state index contributed by atoms with van der Waals surface area (Å²) in [6.45, 7) is 6.91. The lowest BCUT2D eigenvalue weighted by atomic mass is 10.0. The molecule has 2 unspecified atom stereocenters. The molecule has 1 saturated heterocycles. The summed E-state index contributed by atoms with van der Waals surface area (Å²) in [7, 11) is 0. The van der Waals surface area contributed by atoms with Gasteiger partial charge in [0.15, 0.2) is 0 Å². The van der Waals surface area contributed by atoms with E-state index in [0.29, 0.717) is 24.2 Å². The third-order valence-electron chi connectivity index (χ3n) is 3.43. The van der Waals surface area contributed by atoms with E-state index in [1.807, 2.05) is 4.90 Å². The standard InChI is InChI=1S/C12H24N2O/c1-3-10(2)8-12(15)14-7-5-11(9-14)4-6-13/h10-11H,3-9,13H2,1-2H3. The van der Waals surface area contributed by atoms with Crippen LogP contribution in [0, 0.1) is 11.8 Å². The van der Waals surface area contributed by atoms with Crippen LogP contribution in [-0.2, 0) is 4.79 Å². The number of hydrogen-bond acceptors (Lipinski definition) is 2. The molecule has 0 aromatic heterocycles. The molecule has 0 radical (unpaired) electrons. The first-order valence-corrected chi connectivity index (χ1v) is 6.15. The summed E-state index contributed by atoms with van der Waals surface area (Å²) in [5.74, 6) is 1.51. The SMILES string of the molecule is CCC(C)CC(=O)N1CCC(CCN)C1. The van der Waals surface area contributed by atoms with Crippen molar-refractivity contribution in [1.82, 2.24) is 4.90 Å². The van der Waals surface area contributed by atoms with Crippen LogP contribution in [0.15, 0.2) is 0 Å². The normalized spacial score (nSPS) is 23.1. The molecular weight excluding hydrogens is 188 g/mol. The average molecular weight is 212 g/mol. The van der Waals surface area contributed by atoms with Gasteiger partial charge in [0.2, 0.25) is 5.91 Å². The number of nitrogens with zero attached hydrogens (tertiary/aromatic N) is 1. The Kier molecular flexibility index (Phi) is 5.09. The minimum atomic E-state index is 0.337. The summed E-state index contributed by atoms with van der Waals surface area (Å²) in [6.07, 6.45) is 4.01. The predicted octanol–water partition coefficient (Wildman–Crippen LogP) is 1.62. The van der Waals surface area contributed by atoms with Crippen LogP contribution in [-0.4, -0.2) is 30.4 Å². The average Bonchev–Trinajstić information content (AvgIpc) is 2.67. The predicted molar refractivity (Wildman–Crippen MR) is 62.4 cm³/mol. The third-order valence-corrected chi connectivity index (χ3v) is 3.43. The molecule has 0 bridgehead atoms. The number of rotatable bonds is 5.